The summed E-state index contributed by atoms with van der Waals surface area (Å²) in [6.45, 7) is 2.65. The highest BCUT2D eigenvalue weighted by Gasteiger charge is 2.31. The number of halogens is 1. The van der Waals surface area contributed by atoms with E-state index in [-0.39, 0.29) is 23.7 Å². The highest BCUT2D eigenvalue weighted by molar-refractivity contribution is 5.81. The van der Waals surface area contributed by atoms with Crippen LogP contribution in [0.1, 0.15) is 31.2 Å². The highest BCUT2D eigenvalue weighted by Crippen LogP contribution is 2.29. The summed E-state index contributed by atoms with van der Waals surface area (Å²) in [5.41, 5.74) is 0.999. The summed E-state index contributed by atoms with van der Waals surface area (Å²) in [5.74, 6) is 0.314. The summed E-state index contributed by atoms with van der Waals surface area (Å²) in [5, 5.41) is 3.15. The molecule has 2 fully saturated rings. The number of likely N-dealkylation sites (tertiary alicyclic amines) is 1. The molecule has 1 atom stereocenters. The molecule has 0 spiro atoms. The van der Waals surface area contributed by atoms with Gasteiger partial charge >= 0.3 is 0 Å². The van der Waals surface area contributed by atoms with E-state index in [0.717, 1.165) is 50.9 Å². The lowest BCUT2D eigenvalue weighted by Gasteiger charge is -2.33. The van der Waals surface area contributed by atoms with Crippen LogP contribution in [0, 0.1) is 11.7 Å². The Kier molecular flexibility index (Phi) is 4.01. The zero-order valence-corrected chi connectivity index (χ0v) is 11.6. The number of carbonyl (C=O) groups is 1. The van der Waals surface area contributed by atoms with Gasteiger partial charge < -0.3 is 5.32 Å². The Hall–Kier alpha value is -1.42. The molecular formula is C16H21FN2O. The van der Waals surface area contributed by atoms with Crippen molar-refractivity contribution in [2.75, 3.05) is 13.1 Å². The van der Waals surface area contributed by atoms with Crippen LogP contribution < -0.4 is 5.32 Å². The van der Waals surface area contributed by atoms with Gasteiger partial charge in [0, 0.05) is 25.0 Å². The van der Waals surface area contributed by atoms with E-state index in [9.17, 15) is 9.18 Å². The molecule has 1 saturated carbocycles. The molecule has 3 rings (SSSR count). The quantitative estimate of drug-likeness (QED) is 0.915. The molecule has 1 aromatic rings. The largest absolute Gasteiger partial charge is 0.352 e. The third-order valence-corrected chi connectivity index (χ3v) is 4.10. The van der Waals surface area contributed by atoms with Crippen molar-refractivity contribution in [3.05, 3.63) is 35.6 Å². The zero-order valence-electron chi connectivity index (χ0n) is 11.6. The van der Waals surface area contributed by atoms with Gasteiger partial charge in [-0.05, 0) is 49.9 Å². The van der Waals surface area contributed by atoms with Crippen LogP contribution in [-0.2, 0) is 11.3 Å². The Morgan fingerprint density at radius 3 is 2.95 bits per heavy atom. The Morgan fingerprint density at radius 1 is 1.35 bits per heavy atom. The van der Waals surface area contributed by atoms with Gasteiger partial charge in [-0.1, -0.05) is 12.1 Å². The number of amides is 1. The van der Waals surface area contributed by atoms with Crippen molar-refractivity contribution in [1.82, 2.24) is 10.2 Å². The zero-order chi connectivity index (χ0) is 13.9. The van der Waals surface area contributed by atoms with E-state index in [1.54, 1.807) is 12.1 Å². The van der Waals surface area contributed by atoms with Gasteiger partial charge in [-0.25, -0.2) is 4.39 Å². The molecule has 1 saturated heterocycles. The number of rotatable bonds is 4. The molecule has 1 heterocycles. The molecule has 20 heavy (non-hydrogen) atoms. The molecule has 2 aliphatic rings. The van der Waals surface area contributed by atoms with Gasteiger partial charge in [-0.15, -0.1) is 0 Å². The van der Waals surface area contributed by atoms with Gasteiger partial charge in [0.25, 0.3) is 0 Å². The summed E-state index contributed by atoms with van der Waals surface area (Å²) in [6.07, 6.45) is 4.24. The third-order valence-electron chi connectivity index (χ3n) is 4.10. The number of nitrogens with one attached hydrogen (secondary N) is 1. The maximum atomic E-state index is 13.2. The van der Waals surface area contributed by atoms with Crippen LogP contribution in [-0.4, -0.2) is 29.9 Å². The lowest BCUT2D eigenvalue weighted by Crippen LogP contribution is -2.47. The monoisotopic (exact) mass is 276 g/mol. The van der Waals surface area contributed by atoms with Crippen molar-refractivity contribution < 1.29 is 9.18 Å². The summed E-state index contributed by atoms with van der Waals surface area (Å²) >= 11 is 0. The molecule has 3 nitrogen and oxygen atoms in total. The van der Waals surface area contributed by atoms with Crippen molar-refractivity contribution in [3.63, 3.8) is 0 Å². The third kappa shape index (κ3) is 3.57. The minimum absolute atomic E-state index is 0.182. The molecule has 1 aliphatic heterocycles. The second-order valence-electron chi connectivity index (χ2n) is 5.99. The van der Waals surface area contributed by atoms with Crippen molar-refractivity contribution in [2.45, 2.75) is 38.3 Å². The molecule has 1 aromatic carbocycles. The van der Waals surface area contributed by atoms with Gasteiger partial charge in [-0.3, -0.25) is 9.69 Å². The average Bonchev–Trinajstić information content (AvgIpc) is 3.23. The highest BCUT2D eigenvalue weighted by atomic mass is 19.1. The second-order valence-corrected chi connectivity index (χ2v) is 5.99. The first-order chi connectivity index (χ1) is 9.70. The Balaban J connectivity index is 1.53. The van der Waals surface area contributed by atoms with Crippen molar-refractivity contribution in [1.29, 1.82) is 0 Å². The topological polar surface area (TPSA) is 32.3 Å². The lowest BCUT2D eigenvalue weighted by molar-refractivity contribution is -0.123. The summed E-state index contributed by atoms with van der Waals surface area (Å²) < 4.78 is 13.2. The summed E-state index contributed by atoms with van der Waals surface area (Å²) in [6, 6.07) is 7.02. The first-order valence-electron chi connectivity index (χ1n) is 7.48. The van der Waals surface area contributed by atoms with Crippen LogP contribution >= 0.6 is 0 Å². The number of hydrogen-bond acceptors (Lipinski definition) is 2. The van der Waals surface area contributed by atoms with Crippen molar-refractivity contribution in [3.8, 4) is 0 Å². The number of hydrogen-bond donors (Lipinski definition) is 1. The fraction of sp³-hybridized carbons (Fsp3) is 0.562. The molecule has 1 amide bonds. The Bertz CT molecular complexity index is 487. The molecule has 1 aliphatic carbocycles. The molecule has 108 valence electrons. The molecule has 1 unspecified atom stereocenters. The minimum Gasteiger partial charge on any atom is -0.352 e. The molecule has 0 bridgehead atoms. The lowest BCUT2D eigenvalue weighted by atomic mass is 10.0. The normalized spacial score (nSPS) is 23.6. The van der Waals surface area contributed by atoms with Crippen LogP contribution in [0.2, 0.25) is 0 Å². The number of benzene rings is 1. The standard InChI is InChI=1S/C16H21FN2O/c17-14-4-1-3-12(9-14)10-19-8-2-5-15(11-19)18-16(20)13-6-7-13/h1,3-4,9,13,15H,2,5-8,10-11H2,(H,18,20). The maximum Gasteiger partial charge on any atom is 0.223 e. The molecule has 0 radical (unpaired) electrons. The molecule has 0 aromatic heterocycles. The molecule has 1 N–H and O–H groups in total. The molecule has 4 heteroatoms. The van der Waals surface area contributed by atoms with Gasteiger partial charge in [-0.2, -0.15) is 0 Å². The number of nitrogens with zero attached hydrogens (tertiary/aromatic N) is 1. The van der Waals surface area contributed by atoms with E-state index < -0.39 is 0 Å². The first kappa shape index (κ1) is 13.6. The van der Waals surface area contributed by atoms with E-state index in [1.807, 2.05) is 6.07 Å². The predicted octanol–water partition coefficient (Wildman–Crippen LogP) is 2.32. The van der Waals surface area contributed by atoms with Gasteiger partial charge in [0.05, 0.1) is 0 Å². The van der Waals surface area contributed by atoms with Crippen molar-refractivity contribution >= 4 is 5.91 Å². The van der Waals surface area contributed by atoms with Crippen LogP contribution in [0.3, 0.4) is 0 Å². The van der Waals surface area contributed by atoms with Crippen LogP contribution in [0.4, 0.5) is 4.39 Å². The van der Waals surface area contributed by atoms with E-state index in [0.29, 0.717) is 0 Å². The Morgan fingerprint density at radius 2 is 2.20 bits per heavy atom. The van der Waals surface area contributed by atoms with Crippen LogP contribution in [0.5, 0.6) is 0 Å². The number of carbonyl (C=O) groups excluding carboxylic acids is 1. The van der Waals surface area contributed by atoms with Crippen LogP contribution in [0.25, 0.3) is 0 Å². The van der Waals surface area contributed by atoms with Gasteiger partial charge in [0.1, 0.15) is 5.82 Å². The number of piperidine rings is 1. The van der Waals surface area contributed by atoms with E-state index in [4.69, 9.17) is 0 Å². The fourth-order valence-electron chi connectivity index (χ4n) is 2.88. The predicted molar refractivity (Wildman–Crippen MR) is 75.6 cm³/mol. The van der Waals surface area contributed by atoms with Crippen LogP contribution in [0.15, 0.2) is 24.3 Å². The maximum absolute atomic E-state index is 13.2. The minimum atomic E-state index is -0.182. The smallest absolute Gasteiger partial charge is 0.223 e. The van der Waals surface area contributed by atoms with E-state index in [1.165, 1.54) is 6.07 Å². The van der Waals surface area contributed by atoms with Crippen molar-refractivity contribution in [2.24, 2.45) is 5.92 Å². The first-order valence-corrected chi connectivity index (χ1v) is 7.48. The second kappa shape index (κ2) is 5.92. The van der Waals surface area contributed by atoms with Gasteiger partial charge in [0.15, 0.2) is 0 Å². The fourth-order valence-corrected chi connectivity index (χ4v) is 2.88. The average molecular weight is 276 g/mol. The molecular weight excluding hydrogens is 255 g/mol. The van der Waals surface area contributed by atoms with E-state index >= 15 is 0 Å². The SMILES string of the molecule is O=C(NC1CCCN(Cc2cccc(F)c2)C1)C1CC1. The summed E-state index contributed by atoms with van der Waals surface area (Å²) in [4.78, 5) is 14.1. The van der Waals surface area contributed by atoms with E-state index in [2.05, 4.69) is 10.2 Å². The summed E-state index contributed by atoms with van der Waals surface area (Å²) in [7, 11) is 0. The van der Waals surface area contributed by atoms with Gasteiger partial charge in [0.2, 0.25) is 5.91 Å². The Labute approximate surface area is 119 Å².